The minimum absolute atomic E-state index is 0.179. The summed E-state index contributed by atoms with van der Waals surface area (Å²) < 4.78 is 0. The summed E-state index contributed by atoms with van der Waals surface area (Å²) in [4.78, 5) is 4.65. The first kappa shape index (κ1) is 23.5. The number of nitrogens with one attached hydrogen (secondary N) is 1. The molecule has 0 amide bonds. The van der Waals surface area contributed by atoms with Gasteiger partial charge in [0.2, 0.25) is 0 Å². The van der Waals surface area contributed by atoms with Crippen LogP contribution in [0.1, 0.15) is 80.8 Å². The molecule has 1 heterocycles. The summed E-state index contributed by atoms with van der Waals surface area (Å²) in [5.74, 6) is 3.27. The molecule has 5 N–H and O–H groups in total. The van der Waals surface area contributed by atoms with Crippen LogP contribution in [0.3, 0.4) is 0 Å². The molecule has 4 heteroatoms. The van der Waals surface area contributed by atoms with E-state index in [2.05, 4.69) is 68.2 Å². The normalized spacial score (nSPS) is 12.2. The lowest BCUT2D eigenvalue weighted by molar-refractivity contribution is 0.521. The Bertz CT molecular complexity index is 879. The molecule has 0 saturated carbocycles. The number of nitrogens with zero attached hydrogens (tertiary/aromatic N) is 1. The highest BCUT2D eigenvalue weighted by Crippen LogP contribution is 2.29. The van der Waals surface area contributed by atoms with Crippen LogP contribution in [0.2, 0.25) is 0 Å². The van der Waals surface area contributed by atoms with E-state index in [0.29, 0.717) is 5.92 Å². The van der Waals surface area contributed by atoms with E-state index >= 15 is 0 Å². The van der Waals surface area contributed by atoms with E-state index in [1.807, 2.05) is 6.07 Å². The van der Waals surface area contributed by atoms with Gasteiger partial charge in [0.15, 0.2) is 0 Å². The Morgan fingerprint density at radius 1 is 1.17 bits per heavy atom. The molecule has 1 atom stereocenters. The van der Waals surface area contributed by atoms with Crippen LogP contribution in [-0.2, 0) is 12.0 Å². The molecule has 2 aromatic rings. The third-order valence-corrected chi connectivity index (χ3v) is 5.33. The maximum absolute atomic E-state index is 5.74. The number of benzene rings is 1. The maximum Gasteiger partial charge on any atom is 0.0940 e. The minimum atomic E-state index is 0.179. The molecule has 1 unspecified atom stereocenters. The Hall–Kier alpha value is -2.77. The molecule has 160 valence electrons. The van der Waals surface area contributed by atoms with Gasteiger partial charge in [-0.3, -0.25) is 4.98 Å². The van der Waals surface area contributed by atoms with Crippen LogP contribution in [0.5, 0.6) is 0 Å². The Kier molecular flexibility index (Phi) is 8.50. The number of terminal acetylenes is 1. The predicted molar refractivity (Wildman–Crippen MR) is 128 cm³/mol. The molecule has 0 bridgehead atoms. The van der Waals surface area contributed by atoms with Gasteiger partial charge in [-0.25, -0.2) is 0 Å². The second kappa shape index (κ2) is 10.8. The topological polar surface area (TPSA) is 77.0 Å². The van der Waals surface area contributed by atoms with Crippen molar-refractivity contribution < 1.29 is 0 Å². The lowest BCUT2D eigenvalue weighted by Gasteiger charge is -2.20. The van der Waals surface area contributed by atoms with Crippen LogP contribution in [0.15, 0.2) is 42.3 Å². The number of hydrogen-bond acceptors (Lipinski definition) is 4. The van der Waals surface area contributed by atoms with E-state index in [1.54, 1.807) is 12.3 Å². The molecule has 0 aliphatic heterocycles. The number of aromatic nitrogens is 1. The van der Waals surface area contributed by atoms with Gasteiger partial charge in [-0.15, -0.1) is 6.42 Å². The van der Waals surface area contributed by atoms with Gasteiger partial charge in [0, 0.05) is 29.8 Å². The van der Waals surface area contributed by atoms with Crippen molar-refractivity contribution >= 4 is 6.08 Å². The fourth-order valence-electron chi connectivity index (χ4n) is 3.66. The van der Waals surface area contributed by atoms with Gasteiger partial charge < -0.3 is 16.8 Å². The number of rotatable bonds is 9. The van der Waals surface area contributed by atoms with Crippen molar-refractivity contribution in [2.45, 2.75) is 64.8 Å². The van der Waals surface area contributed by atoms with Crippen LogP contribution in [0.25, 0.3) is 6.08 Å². The predicted octanol–water partition coefficient (Wildman–Crippen LogP) is 4.64. The SMILES string of the molecule is C#Cc1ccnc(C(CCC)CCNCc2ccc(C(C)(C)C)cc2)c1C=C(N)N. The Morgan fingerprint density at radius 3 is 2.43 bits per heavy atom. The zero-order valence-corrected chi connectivity index (χ0v) is 18.8. The minimum Gasteiger partial charge on any atom is -0.386 e. The Balaban J connectivity index is 2.05. The molecule has 0 radical (unpaired) electrons. The molecule has 4 nitrogen and oxygen atoms in total. The summed E-state index contributed by atoms with van der Waals surface area (Å²) in [5.41, 5.74) is 17.0. The molecular formula is C26H36N4. The smallest absolute Gasteiger partial charge is 0.0940 e. The van der Waals surface area contributed by atoms with Crippen molar-refractivity contribution in [1.82, 2.24) is 10.3 Å². The molecule has 0 aliphatic rings. The van der Waals surface area contributed by atoms with Crippen molar-refractivity contribution in [1.29, 1.82) is 0 Å². The molecule has 0 saturated heterocycles. The largest absolute Gasteiger partial charge is 0.386 e. The molecule has 0 spiro atoms. The average molecular weight is 405 g/mol. The van der Waals surface area contributed by atoms with Crippen LogP contribution < -0.4 is 16.8 Å². The zero-order chi connectivity index (χ0) is 22.1. The summed E-state index contributed by atoms with van der Waals surface area (Å²) in [7, 11) is 0. The van der Waals surface area contributed by atoms with Gasteiger partial charge in [0.25, 0.3) is 0 Å². The van der Waals surface area contributed by atoms with Crippen molar-refractivity contribution in [2.75, 3.05) is 6.54 Å². The highest BCUT2D eigenvalue weighted by Gasteiger charge is 2.18. The van der Waals surface area contributed by atoms with Crippen molar-refractivity contribution in [3.63, 3.8) is 0 Å². The first-order valence-electron chi connectivity index (χ1n) is 10.7. The van der Waals surface area contributed by atoms with Crippen molar-refractivity contribution in [3.05, 3.63) is 70.3 Å². The molecule has 1 aromatic heterocycles. The molecule has 2 rings (SSSR count). The standard InChI is InChI=1S/C26H36N4/c1-6-8-21(25-23(17-24(27)28)20(7-2)14-16-30-25)13-15-29-18-19-9-11-22(12-10-19)26(3,4)5/h2,9-12,14,16-17,21,29H,6,8,13,15,18,27-28H2,1,3-5H3. The molecular weight excluding hydrogens is 368 g/mol. The molecule has 0 aliphatic carbocycles. The van der Waals surface area contributed by atoms with Gasteiger partial charge in [0.1, 0.15) is 0 Å². The second-order valence-corrected chi connectivity index (χ2v) is 8.84. The maximum atomic E-state index is 5.74. The van der Waals surface area contributed by atoms with Gasteiger partial charge in [-0.05, 0) is 48.1 Å². The highest BCUT2D eigenvalue weighted by atomic mass is 14.8. The monoisotopic (exact) mass is 404 g/mol. The Labute approximate surface area is 182 Å². The van der Waals surface area contributed by atoms with Gasteiger partial charge in [-0.1, -0.05) is 64.3 Å². The summed E-state index contributed by atoms with van der Waals surface area (Å²) in [6.07, 6.45) is 12.3. The second-order valence-electron chi connectivity index (χ2n) is 8.84. The third kappa shape index (κ3) is 6.64. The zero-order valence-electron chi connectivity index (χ0n) is 18.8. The van der Waals surface area contributed by atoms with Gasteiger partial charge in [0.05, 0.1) is 11.5 Å². The molecule has 1 aromatic carbocycles. The van der Waals surface area contributed by atoms with E-state index in [1.165, 1.54) is 11.1 Å². The fraction of sp³-hybridized carbons (Fsp3) is 0.423. The van der Waals surface area contributed by atoms with Gasteiger partial charge >= 0.3 is 0 Å². The van der Waals surface area contributed by atoms with E-state index in [4.69, 9.17) is 17.9 Å². The number of pyridine rings is 1. The van der Waals surface area contributed by atoms with Crippen LogP contribution >= 0.6 is 0 Å². The number of nitrogens with two attached hydrogens (primary N) is 2. The summed E-state index contributed by atoms with van der Waals surface area (Å²) in [6, 6.07) is 10.7. The highest BCUT2D eigenvalue weighted by molar-refractivity contribution is 5.62. The van der Waals surface area contributed by atoms with Crippen molar-refractivity contribution in [2.24, 2.45) is 11.5 Å². The van der Waals surface area contributed by atoms with Crippen LogP contribution in [-0.4, -0.2) is 11.5 Å². The summed E-state index contributed by atoms with van der Waals surface area (Å²) >= 11 is 0. The lowest BCUT2D eigenvalue weighted by atomic mass is 9.87. The average Bonchev–Trinajstić information content (AvgIpc) is 2.70. The van der Waals surface area contributed by atoms with E-state index < -0.39 is 0 Å². The van der Waals surface area contributed by atoms with E-state index in [0.717, 1.165) is 49.2 Å². The third-order valence-electron chi connectivity index (χ3n) is 5.33. The lowest BCUT2D eigenvalue weighted by Crippen LogP contribution is -2.19. The van der Waals surface area contributed by atoms with E-state index in [-0.39, 0.29) is 11.2 Å². The quantitative estimate of drug-likeness (QED) is 0.420. The fourth-order valence-corrected chi connectivity index (χ4v) is 3.66. The summed E-state index contributed by atoms with van der Waals surface area (Å²) in [5, 5.41) is 3.57. The summed E-state index contributed by atoms with van der Waals surface area (Å²) in [6.45, 7) is 10.6. The number of hydrogen-bond donors (Lipinski definition) is 3. The first-order chi connectivity index (χ1) is 14.3. The first-order valence-corrected chi connectivity index (χ1v) is 10.7. The molecule has 0 fully saturated rings. The Morgan fingerprint density at radius 2 is 1.87 bits per heavy atom. The van der Waals surface area contributed by atoms with Gasteiger partial charge in [-0.2, -0.15) is 0 Å². The van der Waals surface area contributed by atoms with Crippen molar-refractivity contribution in [3.8, 4) is 12.3 Å². The van der Waals surface area contributed by atoms with Crippen LogP contribution in [0, 0.1) is 12.3 Å². The van der Waals surface area contributed by atoms with E-state index in [9.17, 15) is 0 Å². The molecule has 30 heavy (non-hydrogen) atoms. The van der Waals surface area contributed by atoms with Crippen LogP contribution in [0.4, 0.5) is 0 Å².